The molecule has 1 heterocycles. The number of rotatable bonds is 10. The maximum Gasteiger partial charge on any atom is 0.416 e. The van der Waals surface area contributed by atoms with E-state index in [0.29, 0.717) is 13.2 Å². The quantitative estimate of drug-likeness (QED) is 0.438. The smallest absolute Gasteiger partial charge is 0.416 e. The van der Waals surface area contributed by atoms with Crippen LogP contribution in [0.25, 0.3) is 0 Å². The van der Waals surface area contributed by atoms with Gasteiger partial charge in [0.2, 0.25) is 5.89 Å². The van der Waals surface area contributed by atoms with Gasteiger partial charge in [-0.15, -0.1) is 0 Å². The summed E-state index contributed by atoms with van der Waals surface area (Å²) in [4.78, 5) is 18.3. The second-order valence-corrected chi connectivity index (χ2v) is 7.52. The highest BCUT2D eigenvalue weighted by atomic mass is 19.4. The first-order chi connectivity index (χ1) is 15.8. The lowest BCUT2D eigenvalue weighted by Gasteiger charge is -2.29. The summed E-state index contributed by atoms with van der Waals surface area (Å²) in [5.74, 6) is -0.175. The minimum atomic E-state index is -4.46. The lowest BCUT2D eigenvalue weighted by Crippen LogP contribution is -2.28. The molecule has 3 aromatic rings. The normalized spacial score (nSPS) is 12.7. The fourth-order valence-electron chi connectivity index (χ4n) is 3.44. The van der Waals surface area contributed by atoms with Gasteiger partial charge in [-0.25, -0.2) is 4.98 Å². The zero-order chi connectivity index (χ0) is 23.8. The van der Waals surface area contributed by atoms with Crippen LogP contribution in [0, 0.1) is 0 Å². The Morgan fingerprint density at radius 2 is 1.82 bits per heavy atom. The van der Waals surface area contributed by atoms with E-state index in [-0.39, 0.29) is 36.3 Å². The molecule has 0 bridgehead atoms. The Morgan fingerprint density at radius 3 is 2.52 bits per heavy atom. The summed E-state index contributed by atoms with van der Waals surface area (Å²) in [6, 6.07) is 14.7. The zero-order valence-electron chi connectivity index (χ0n) is 18.4. The minimum Gasteiger partial charge on any atom is -0.447 e. The van der Waals surface area contributed by atoms with Crippen LogP contribution in [0.3, 0.4) is 0 Å². The third kappa shape index (κ3) is 6.66. The molecular weight excluding hydrogens is 435 g/mol. The number of oxazole rings is 1. The topological polar surface area (TPSA) is 67.6 Å². The second-order valence-electron chi connectivity index (χ2n) is 7.52. The number of halogens is 3. The third-order valence-corrected chi connectivity index (χ3v) is 5.24. The average Bonchev–Trinajstić information content (AvgIpc) is 3.27. The number of carbonyl (C=O) groups excluding carboxylic acids is 1. The van der Waals surface area contributed by atoms with E-state index in [9.17, 15) is 18.0 Å². The Kier molecular flexibility index (Phi) is 8.24. The van der Waals surface area contributed by atoms with Crippen LogP contribution in [0.5, 0.6) is 0 Å². The minimum absolute atomic E-state index is 0.0174. The van der Waals surface area contributed by atoms with Gasteiger partial charge in [0.15, 0.2) is 5.69 Å². The maximum absolute atomic E-state index is 13.6. The van der Waals surface area contributed by atoms with Crippen LogP contribution in [0.2, 0.25) is 0 Å². The van der Waals surface area contributed by atoms with Gasteiger partial charge in [-0.1, -0.05) is 48.5 Å². The van der Waals surface area contributed by atoms with Gasteiger partial charge in [0.25, 0.3) is 5.91 Å². The molecule has 176 valence electrons. The van der Waals surface area contributed by atoms with Crippen LogP contribution >= 0.6 is 0 Å². The van der Waals surface area contributed by atoms with Gasteiger partial charge in [0.1, 0.15) is 6.26 Å². The Hall–Kier alpha value is -3.17. The zero-order valence-corrected chi connectivity index (χ0v) is 18.4. The number of amides is 1. The van der Waals surface area contributed by atoms with Crippen molar-refractivity contribution in [1.82, 2.24) is 15.2 Å². The Labute approximate surface area is 190 Å². The van der Waals surface area contributed by atoms with Crippen molar-refractivity contribution >= 4 is 5.91 Å². The van der Waals surface area contributed by atoms with Gasteiger partial charge >= 0.3 is 6.18 Å². The van der Waals surface area contributed by atoms with Gasteiger partial charge < -0.3 is 14.5 Å². The van der Waals surface area contributed by atoms with Gasteiger partial charge in [-0.05, 0) is 24.1 Å². The highest BCUT2D eigenvalue weighted by Gasteiger charge is 2.34. The van der Waals surface area contributed by atoms with Gasteiger partial charge in [0.05, 0.1) is 18.7 Å². The van der Waals surface area contributed by atoms with Gasteiger partial charge in [0, 0.05) is 26.2 Å². The molecule has 0 saturated heterocycles. The van der Waals surface area contributed by atoms with Crippen LogP contribution in [-0.2, 0) is 24.0 Å². The van der Waals surface area contributed by atoms with E-state index >= 15 is 0 Å². The van der Waals surface area contributed by atoms with Crippen LogP contribution < -0.4 is 5.32 Å². The summed E-state index contributed by atoms with van der Waals surface area (Å²) in [7, 11) is 1.53. The molecule has 1 amide bonds. The number of hydrogen-bond donors (Lipinski definition) is 1. The molecule has 1 aromatic heterocycles. The van der Waals surface area contributed by atoms with Gasteiger partial charge in [-0.3, -0.25) is 9.69 Å². The van der Waals surface area contributed by atoms with Crippen molar-refractivity contribution in [2.24, 2.45) is 0 Å². The monoisotopic (exact) mass is 461 g/mol. The van der Waals surface area contributed by atoms with Crippen molar-refractivity contribution in [1.29, 1.82) is 0 Å². The Balaban J connectivity index is 1.84. The molecule has 0 fully saturated rings. The number of nitrogens with zero attached hydrogens (tertiary/aromatic N) is 2. The number of benzene rings is 2. The number of alkyl halides is 3. The summed E-state index contributed by atoms with van der Waals surface area (Å²) in [6.45, 7) is 2.73. The van der Waals surface area contributed by atoms with E-state index in [0.717, 1.165) is 11.6 Å². The van der Waals surface area contributed by atoms with E-state index in [1.807, 2.05) is 42.2 Å². The first kappa shape index (κ1) is 24.5. The number of methoxy groups -OCH3 is 1. The largest absolute Gasteiger partial charge is 0.447 e. The molecule has 3 rings (SSSR count). The van der Waals surface area contributed by atoms with Crippen molar-refractivity contribution in [2.75, 3.05) is 20.3 Å². The lowest BCUT2D eigenvalue weighted by atomic mass is 10.0. The molecule has 33 heavy (non-hydrogen) atoms. The van der Waals surface area contributed by atoms with Crippen molar-refractivity contribution < 1.29 is 27.1 Å². The standard InChI is InChI=1S/C24H26F3N3O3/c1-17(18-8-4-3-5-9-18)30(14-19-10-6-7-11-20(19)24(25,26)27)15-22-29-21(16-33-22)23(31)28-12-13-32-2/h3-11,16-17H,12-15H2,1-2H3,(H,28,31)/t17-/m0/s1. The summed E-state index contributed by atoms with van der Waals surface area (Å²) in [5.41, 5.74) is 0.507. The summed E-state index contributed by atoms with van der Waals surface area (Å²) in [6.07, 6.45) is -3.22. The van der Waals surface area contributed by atoms with E-state index in [2.05, 4.69) is 10.3 Å². The SMILES string of the molecule is COCCNC(=O)c1coc(CN(Cc2ccccc2C(F)(F)F)[C@@H](C)c2ccccc2)n1. The molecule has 0 aliphatic carbocycles. The van der Waals surface area contributed by atoms with Gasteiger partial charge in [-0.2, -0.15) is 13.2 Å². The molecule has 0 spiro atoms. The number of nitrogens with one attached hydrogen (secondary N) is 1. The van der Waals surface area contributed by atoms with E-state index in [1.54, 1.807) is 6.07 Å². The number of aromatic nitrogens is 1. The fraction of sp³-hybridized carbons (Fsp3) is 0.333. The van der Waals surface area contributed by atoms with Crippen molar-refractivity contribution in [2.45, 2.75) is 32.2 Å². The first-order valence-electron chi connectivity index (χ1n) is 10.4. The molecule has 9 heteroatoms. The average molecular weight is 461 g/mol. The number of ether oxygens (including phenoxy) is 1. The molecule has 6 nitrogen and oxygen atoms in total. The summed E-state index contributed by atoms with van der Waals surface area (Å²) in [5, 5.41) is 2.65. The maximum atomic E-state index is 13.6. The molecule has 1 atom stereocenters. The van der Waals surface area contributed by atoms with Crippen LogP contribution in [0.15, 0.2) is 65.3 Å². The molecule has 0 aliphatic rings. The predicted octanol–water partition coefficient (Wildman–Crippen LogP) is 4.83. The lowest BCUT2D eigenvalue weighted by molar-refractivity contribution is -0.138. The molecule has 1 N–H and O–H groups in total. The van der Waals surface area contributed by atoms with E-state index in [1.165, 1.54) is 25.5 Å². The molecule has 2 aromatic carbocycles. The Morgan fingerprint density at radius 1 is 1.12 bits per heavy atom. The highest BCUT2D eigenvalue weighted by molar-refractivity contribution is 5.91. The van der Waals surface area contributed by atoms with E-state index < -0.39 is 17.6 Å². The van der Waals surface area contributed by atoms with Crippen molar-refractivity contribution in [3.63, 3.8) is 0 Å². The molecule has 0 unspecified atom stereocenters. The molecular formula is C24H26F3N3O3. The third-order valence-electron chi connectivity index (χ3n) is 5.24. The van der Waals surface area contributed by atoms with Crippen LogP contribution in [0.4, 0.5) is 13.2 Å². The Bertz CT molecular complexity index is 1040. The molecule has 0 saturated carbocycles. The number of carbonyl (C=O) groups is 1. The first-order valence-corrected chi connectivity index (χ1v) is 10.4. The highest BCUT2D eigenvalue weighted by Crippen LogP contribution is 2.34. The van der Waals surface area contributed by atoms with Crippen molar-refractivity contribution in [3.05, 3.63) is 89.1 Å². The number of hydrogen-bond acceptors (Lipinski definition) is 5. The fourth-order valence-corrected chi connectivity index (χ4v) is 3.44. The molecule has 0 aliphatic heterocycles. The summed E-state index contributed by atoms with van der Waals surface area (Å²) >= 11 is 0. The second kappa shape index (κ2) is 11.1. The van der Waals surface area contributed by atoms with Crippen LogP contribution in [-0.4, -0.2) is 36.1 Å². The van der Waals surface area contributed by atoms with Crippen LogP contribution in [0.1, 0.15) is 46.0 Å². The summed E-state index contributed by atoms with van der Waals surface area (Å²) < 4.78 is 51.1. The van der Waals surface area contributed by atoms with Crippen molar-refractivity contribution in [3.8, 4) is 0 Å². The van der Waals surface area contributed by atoms with E-state index in [4.69, 9.17) is 9.15 Å². The predicted molar refractivity (Wildman–Crippen MR) is 116 cm³/mol. The molecule has 0 radical (unpaired) electrons.